The Labute approximate surface area is 167 Å². The monoisotopic (exact) mass is 378 g/mol. The molecule has 2 aromatic rings. The molecule has 1 atom stereocenters. The van der Waals surface area contributed by atoms with Crippen LogP contribution in [0.25, 0.3) is 11.3 Å². The van der Waals surface area contributed by atoms with E-state index < -0.39 is 0 Å². The van der Waals surface area contributed by atoms with Gasteiger partial charge in [0.05, 0.1) is 24.0 Å². The lowest BCUT2D eigenvalue weighted by Crippen LogP contribution is -2.26. The van der Waals surface area contributed by atoms with Crippen molar-refractivity contribution in [3.05, 3.63) is 66.1 Å². The molecule has 5 heteroatoms. The van der Waals surface area contributed by atoms with E-state index in [9.17, 15) is 4.79 Å². The first-order valence-electron chi connectivity index (χ1n) is 9.80. The summed E-state index contributed by atoms with van der Waals surface area (Å²) in [6.45, 7) is 11.9. The summed E-state index contributed by atoms with van der Waals surface area (Å²) >= 11 is 0. The van der Waals surface area contributed by atoms with Crippen molar-refractivity contribution in [2.24, 2.45) is 5.92 Å². The van der Waals surface area contributed by atoms with Gasteiger partial charge in [0, 0.05) is 11.3 Å². The predicted octanol–water partition coefficient (Wildman–Crippen LogP) is 4.84. The van der Waals surface area contributed by atoms with Crippen molar-refractivity contribution < 1.29 is 4.79 Å². The van der Waals surface area contributed by atoms with E-state index in [1.54, 1.807) is 6.20 Å². The molecule has 0 saturated heterocycles. The lowest BCUT2D eigenvalue weighted by Gasteiger charge is -2.14. The number of allylic oxidation sites excluding steroid dienone is 2. The normalized spacial score (nSPS) is 14.5. The van der Waals surface area contributed by atoms with Gasteiger partial charge in [0.25, 0.3) is 0 Å². The van der Waals surface area contributed by atoms with Gasteiger partial charge in [-0.3, -0.25) is 9.78 Å². The number of anilines is 1. The minimum atomic E-state index is -0.310. The van der Waals surface area contributed by atoms with E-state index in [0.29, 0.717) is 23.1 Å². The number of benzene rings is 1. The molecule has 3 rings (SSSR count). The Morgan fingerprint density at radius 2 is 2.04 bits per heavy atom. The molecule has 1 aromatic carbocycles. The number of nitrogen functional groups attached to an aromatic ring is 1. The van der Waals surface area contributed by atoms with Crippen LogP contribution in [-0.4, -0.2) is 15.9 Å². The van der Waals surface area contributed by atoms with Crippen LogP contribution in [-0.2, 0) is 4.79 Å². The highest BCUT2D eigenvalue weighted by Gasteiger charge is 2.23. The van der Waals surface area contributed by atoms with E-state index >= 15 is 0 Å². The predicted molar refractivity (Wildman–Crippen MR) is 115 cm³/mol. The van der Waals surface area contributed by atoms with Gasteiger partial charge in [0.15, 0.2) is 0 Å². The largest absolute Gasteiger partial charge is 0.382 e. The molecule has 0 spiro atoms. The Morgan fingerprint density at radius 1 is 1.32 bits per heavy atom. The van der Waals surface area contributed by atoms with Crippen molar-refractivity contribution in [2.75, 3.05) is 5.73 Å². The number of hydrogen-bond acceptors (Lipinski definition) is 4. The average Bonchev–Trinajstić information content (AvgIpc) is 3.54. The molecule has 1 fully saturated rings. The number of amides is 1. The van der Waals surface area contributed by atoms with Crippen molar-refractivity contribution in [3.63, 3.8) is 0 Å². The second kappa shape index (κ2) is 9.83. The number of nitrogens with two attached hydrogens (primary N) is 1. The fourth-order valence-electron chi connectivity index (χ4n) is 2.87. The summed E-state index contributed by atoms with van der Waals surface area (Å²) in [4.78, 5) is 20.9. The molecule has 1 saturated carbocycles. The molecule has 1 aliphatic rings. The van der Waals surface area contributed by atoms with Crippen LogP contribution >= 0.6 is 0 Å². The van der Waals surface area contributed by atoms with Crippen molar-refractivity contribution in [1.82, 2.24) is 15.3 Å². The van der Waals surface area contributed by atoms with Crippen molar-refractivity contribution in [2.45, 2.75) is 46.5 Å². The molecule has 1 amide bonds. The van der Waals surface area contributed by atoms with E-state index in [2.05, 4.69) is 28.8 Å². The SMILES string of the molecule is C=C(/C=C(\C)C1CC1)NC(=O)C(C)c1cccc(-c2cncc(N)n2)c1.CC. The number of hydrogen-bond donors (Lipinski definition) is 2. The molecule has 1 aromatic heterocycles. The molecule has 3 N–H and O–H groups in total. The Bertz CT molecular complexity index is 868. The first-order chi connectivity index (χ1) is 13.4. The third kappa shape index (κ3) is 5.78. The number of carbonyl (C=O) groups excluding carboxylic acids is 1. The minimum absolute atomic E-state index is 0.0781. The number of aromatic nitrogens is 2. The van der Waals surface area contributed by atoms with Crippen LogP contribution in [0.15, 0.2) is 60.6 Å². The molecule has 148 valence electrons. The third-order valence-electron chi connectivity index (χ3n) is 4.64. The molecule has 5 nitrogen and oxygen atoms in total. The maximum absolute atomic E-state index is 12.6. The summed E-state index contributed by atoms with van der Waals surface area (Å²) in [5.74, 6) is 0.644. The first kappa shape index (κ1) is 21.4. The summed E-state index contributed by atoms with van der Waals surface area (Å²) in [6, 6.07) is 7.72. The van der Waals surface area contributed by atoms with Crippen LogP contribution in [0.3, 0.4) is 0 Å². The minimum Gasteiger partial charge on any atom is -0.382 e. The van der Waals surface area contributed by atoms with Gasteiger partial charge in [-0.05, 0) is 50.3 Å². The third-order valence-corrected chi connectivity index (χ3v) is 4.64. The summed E-state index contributed by atoms with van der Waals surface area (Å²) in [6.07, 6.45) is 7.61. The second-order valence-electron chi connectivity index (χ2n) is 6.85. The van der Waals surface area contributed by atoms with Gasteiger partial charge in [-0.1, -0.05) is 44.2 Å². The zero-order chi connectivity index (χ0) is 20.7. The topological polar surface area (TPSA) is 80.9 Å². The van der Waals surface area contributed by atoms with Gasteiger partial charge < -0.3 is 11.1 Å². The van der Waals surface area contributed by atoms with E-state index in [0.717, 1.165) is 11.1 Å². The van der Waals surface area contributed by atoms with Crippen LogP contribution < -0.4 is 11.1 Å². The summed E-state index contributed by atoms with van der Waals surface area (Å²) < 4.78 is 0. The molecule has 0 bridgehead atoms. The average molecular weight is 379 g/mol. The fraction of sp³-hybridized carbons (Fsp3) is 0.348. The molecular formula is C23H30N4O. The Kier molecular flexibility index (Phi) is 7.50. The van der Waals surface area contributed by atoms with Crippen molar-refractivity contribution in [3.8, 4) is 11.3 Å². The molecule has 0 aliphatic heterocycles. The van der Waals surface area contributed by atoms with Gasteiger partial charge in [-0.25, -0.2) is 4.98 Å². The molecule has 28 heavy (non-hydrogen) atoms. The lowest BCUT2D eigenvalue weighted by molar-refractivity contribution is -0.121. The number of carbonyl (C=O) groups is 1. The highest BCUT2D eigenvalue weighted by Crippen LogP contribution is 2.36. The Morgan fingerprint density at radius 3 is 2.68 bits per heavy atom. The molecule has 0 radical (unpaired) electrons. The Hall–Kier alpha value is -2.95. The van der Waals surface area contributed by atoms with E-state index in [4.69, 9.17) is 5.73 Å². The van der Waals surface area contributed by atoms with Gasteiger partial charge in [0.1, 0.15) is 5.82 Å². The number of nitrogens with zero attached hydrogens (tertiary/aromatic N) is 2. The van der Waals surface area contributed by atoms with Gasteiger partial charge in [0.2, 0.25) is 5.91 Å². The van der Waals surface area contributed by atoms with Crippen LogP contribution in [0.5, 0.6) is 0 Å². The maximum atomic E-state index is 12.6. The summed E-state index contributed by atoms with van der Waals surface area (Å²) in [5.41, 5.74) is 10.1. The number of nitrogens with one attached hydrogen (secondary N) is 1. The number of rotatable bonds is 6. The molecule has 1 unspecified atom stereocenters. The summed E-state index contributed by atoms with van der Waals surface area (Å²) in [7, 11) is 0. The maximum Gasteiger partial charge on any atom is 0.231 e. The molecular weight excluding hydrogens is 348 g/mol. The zero-order valence-electron chi connectivity index (χ0n) is 17.2. The van der Waals surface area contributed by atoms with Crippen molar-refractivity contribution in [1.29, 1.82) is 0 Å². The highest BCUT2D eigenvalue weighted by molar-refractivity contribution is 5.85. The standard InChI is InChI=1S/C21H24N4O.C2H6/c1-13(16-7-8-16)9-14(2)24-21(26)15(3)17-5-4-6-18(10-17)19-11-23-12-20(22)25-19;1-2/h4-6,9-12,15-16H,2,7-8H2,1,3H3,(H2,22,25)(H,24,26);1-2H3/b13-9+;. The van der Waals surface area contributed by atoms with Crippen LogP contribution in [0.1, 0.15) is 52.0 Å². The highest BCUT2D eigenvalue weighted by atomic mass is 16.1. The van der Waals surface area contributed by atoms with Crippen molar-refractivity contribution >= 4 is 11.7 Å². The van der Waals surface area contributed by atoms with Crippen LogP contribution in [0.2, 0.25) is 0 Å². The van der Waals surface area contributed by atoms with E-state index in [1.807, 2.05) is 51.1 Å². The lowest BCUT2D eigenvalue weighted by atomic mass is 9.97. The van der Waals surface area contributed by atoms with Crippen LogP contribution in [0.4, 0.5) is 5.82 Å². The van der Waals surface area contributed by atoms with Gasteiger partial charge >= 0.3 is 0 Å². The molecule has 1 aliphatic carbocycles. The molecule has 1 heterocycles. The smallest absolute Gasteiger partial charge is 0.231 e. The second-order valence-corrected chi connectivity index (χ2v) is 6.85. The van der Waals surface area contributed by atoms with Gasteiger partial charge in [-0.15, -0.1) is 0 Å². The first-order valence-corrected chi connectivity index (χ1v) is 9.80. The van der Waals surface area contributed by atoms with Gasteiger partial charge in [-0.2, -0.15) is 0 Å². The summed E-state index contributed by atoms with van der Waals surface area (Å²) in [5, 5.41) is 2.90. The zero-order valence-corrected chi connectivity index (χ0v) is 17.2. The van der Waals surface area contributed by atoms with E-state index in [-0.39, 0.29) is 11.8 Å². The fourth-order valence-corrected chi connectivity index (χ4v) is 2.87. The van der Waals surface area contributed by atoms with Crippen LogP contribution in [0, 0.1) is 5.92 Å². The quantitative estimate of drug-likeness (QED) is 0.705. The Balaban J connectivity index is 0.00000136. The van der Waals surface area contributed by atoms with E-state index in [1.165, 1.54) is 24.6 Å².